The lowest BCUT2D eigenvalue weighted by molar-refractivity contribution is -0.123. The lowest BCUT2D eigenvalue weighted by atomic mass is 9.96. The van der Waals surface area contributed by atoms with Crippen molar-refractivity contribution in [2.24, 2.45) is 0 Å². The number of rotatable bonds is 5. The van der Waals surface area contributed by atoms with E-state index < -0.39 is 16.1 Å². The van der Waals surface area contributed by atoms with Crippen molar-refractivity contribution in [3.05, 3.63) is 30.3 Å². The fourth-order valence-electron chi connectivity index (χ4n) is 2.88. The molecule has 0 saturated heterocycles. The summed E-state index contributed by atoms with van der Waals surface area (Å²) in [6.07, 6.45) is 7.89. The maximum atomic E-state index is 12.3. The highest BCUT2D eigenvalue weighted by atomic mass is 32.2. The molecule has 0 spiro atoms. The average Bonchev–Trinajstić information content (AvgIpc) is 2.50. The summed E-state index contributed by atoms with van der Waals surface area (Å²) in [6.45, 7) is 1.58. The van der Waals surface area contributed by atoms with Gasteiger partial charge in [0, 0.05) is 6.04 Å². The number of carbonyl (C=O) groups is 1. The van der Waals surface area contributed by atoms with E-state index in [9.17, 15) is 13.2 Å². The zero-order valence-corrected chi connectivity index (χ0v) is 14.4. The standard InChI is InChI=1S/C17H26N2O3S/c1-14(19-23(21,22)16-12-8-5-9-13-16)17(20)18-15-10-6-3-2-4-7-11-15/h5,8-9,12-15,19H,2-4,6-7,10-11H2,1H3,(H,18,20). The minimum Gasteiger partial charge on any atom is -0.352 e. The highest BCUT2D eigenvalue weighted by Crippen LogP contribution is 2.17. The molecular weight excluding hydrogens is 312 g/mol. The summed E-state index contributed by atoms with van der Waals surface area (Å²) < 4.78 is 26.9. The Kier molecular flexibility index (Phi) is 6.59. The van der Waals surface area contributed by atoms with Crippen LogP contribution in [0.25, 0.3) is 0 Å². The van der Waals surface area contributed by atoms with Crippen LogP contribution in [0.5, 0.6) is 0 Å². The molecule has 1 unspecified atom stereocenters. The Hall–Kier alpha value is -1.40. The molecule has 6 heteroatoms. The Morgan fingerprint density at radius 1 is 1.04 bits per heavy atom. The highest BCUT2D eigenvalue weighted by molar-refractivity contribution is 7.89. The van der Waals surface area contributed by atoms with Crippen LogP contribution in [0.2, 0.25) is 0 Å². The zero-order valence-electron chi connectivity index (χ0n) is 13.6. The summed E-state index contributed by atoms with van der Waals surface area (Å²) in [7, 11) is -3.67. The maximum absolute atomic E-state index is 12.3. The van der Waals surface area contributed by atoms with Crippen LogP contribution in [0.3, 0.4) is 0 Å². The van der Waals surface area contributed by atoms with E-state index in [2.05, 4.69) is 10.0 Å². The summed E-state index contributed by atoms with van der Waals surface area (Å²) in [6, 6.07) is 7.48. The molecular formula is C17H26N2O3S. The number of amides is 1. The molecule has 2 N–H and O–H groups in total. The molecule has 1 aliphatic rings. The Balaban J connectivity index is 1.91. The zero-order chi connectivity index (χ0) is 16.7. The van der Waals surface area contributed by atoms with E-state index in [1.165, 1.54) is 31.4 Å². The van der Waals surface area contributed by atoms with Gasteiger partial charge in [-0.15, -0.1) is 0 Å². The SMILES string of the molecule is CC(NS(=O)(=O)c1ccccc1)C(=O)NC1CCCCCCC1. The number of carbonyl (C=O) groups excluding carboxylic acids is 1. The van der Waals surface area contributed by atoms with Gasteiger partial charge in [-0.1, -0.05) is 50.3 Å². The Bertz CT molecular complexity index is 594. The molecule has 1 aromatic carbocycles. The summed E-state index contributed by atoms with van der Waals surface area (Å²) in [5, 5.41) is 2.99. The van der Waals surface area contributed by atoms with Gasteiger partial charge in [-0.3, -0.25) is 4.79 Å². The van der Waals surface area contributed by atoms with Crippen molar-refractivity contribution in [1.29, 1.82) is 0 Å². The minimum atomic E-state index is -3.67. The molecule has 0 heterocycles. The van der Waals surface area contributed by atoms with E-state index in [1.54, 1.807) is 25.1 Å². The molecule has 1 amide bonds. The summed E-state index contributed by atoms with van der Waals surface area (Å²) in [5.74, 6) is -0.255. The fourth-order valence-corrected chi connectivity index (χ4v) is 4.10. The molecule has 2 rings (SSSR count). The summed E-state index contributed by atoms with van der Waals surface area (Å²) in [4.78, 5) is 12.5. The topological polar surface area (TPSA) is 75.3 Å². The number of nitrogens with one attached hydrogen (secondary N) is 2. The van der Waals surface area contributed by atoms with Crippen LogP contribution in [0.1, 0.15) is 51.9 Å². The average molecular weight is 338 g/mol. The van der Waals surface area contributed by atoms with Gasteiger partial charge in [0.15, 0.2) is 0 Å². The van der Waals surface area contributed by atoms with E-state index in [-0.39, 0.29) is 16.8 Å². The Labute approximate surface area is 138 Å². The first-order valence-electron chi connectivity index (χ1n) is 8.37. The molecule has 0 radical (unpaired) electrons. The van der Waals surface area contributed by atoms with E-state index >= 15 is 0 Å². The van der Waals surface area contributed by atoms with Gasteiger partial charge in [-0.2, -0.15) is 4.72 Å². The second kappa shape index (κ2) is 8.45. The third kappa shape index (κ3) is 5.62. The lowest BCUT2D eigenvalue weighted by Gasteiger charge is -2.23. The van der Waals surface area contributed by atoms with Crippen molar-refractivity contribution in [2.45, 2.75) is 68.8 Å². The molecule has 0 bridgehead atoms. The van der Waals surface area contributed by atoms with Crippen molar-refractivity contribution in [3.63, 3.8) is 0 Å². The van der Waals surface area contributed by atoms with Gasteiger partial charge in [0.2, 0.25) is 15.9 Å². The third-order valence-electron chi connectivity index (χ3n) is 4.23. The van der Waals surface area contributed by atoms with Crippen LogP contribution in [0.15, 0.2) is 35.2 Å². The van der Waals surface area contributed by atoms with Gasteiger partial charge in [-0.25, -0.2) is 8.42 Å². The molecule has 1 atom stereocenters. The van der Waals surface area contributed by atoms with Crippen LogP contribution >= 0.6 is 0 Å². The van der Waals surface area contributed by atoms with Gasteiger partial charge >= 0.3 is 0 Å². The lowest BCUT2D eigenvalue weighted by Crippen LogP contribution is -2.48. The smallest absolute Gasteiger partial charge is 0.241 e. The van der Waals surface area contributed by atoms with Gasteiger partial charge in [0.25, 0.3) is 0 Å². The van der Waals surface area contributed by atoms with Crippen LogP contribution < -0.4 is 10.0 Å². The molecule has 0 aromatic heterocycles. The van der Waals surface area contributed by atoms with Crippen LogP contribution in [-0.2, 0) is 14.8 Å². The summed E-state index contributed by atoms with van der Waals surface area (Å²) >= 11 is 0. The largest absolute Gasteiger partial charge is 0.352 e. The van der Waals surface area contributed by atoms with Crippen molar-refractivity contribution < 1.29 is 13.2 Å². The van der Waals surface area contributed by atoms with E-state index in [0.717, 1.165) is 25.7 Å². The van der Waals surface area contributed by atoms with Crippen molar-refractivity contribution in [3.8, 4) is 0 Å². The molecule has 128 valence electrons. The monoisotopic (exact) mass is 338 g/mol. The number of sulfonamides is 1. The molecule has 1 aromatic rings. The Morgan fingerprint density at radius 2 is 1.61 bits per heavy atom. The van der Waals surface area contributed by atoms with Crippen molar-refractivity contribution in [2.75, 3.05) is 0 Å². The minimum absolute atomic E-state index is 0.159. The molecule has 1 aliphatic carbocycles. The third-order valence-corrected chi connectivity index (χ3v) is 5.79. The van der Waals surface area contributed by atoms with Crippen LogP contribution in [0.4, 0.5) is 0 Å². The predicted octanol–water partition coefficient (Wildman–Crippen LogP) is 2.58. The van der Waals surface area contributed by atoms with Gasteiger partial charge < -0.3 is 5.32 Å². The van der Waals surface area contributed by atoms with Gasteiger partial charge in [0.1, 0.15) is 0 Å². The molecule has 1 fully saturated rings. The second-order valence-corrected chi connectivity index (χ2v) is 7.92. The second-order valence-electron chi connectivity index (χ2n) is 6.21. The predicted molar refractivity (Wildman–Crippen MR) is 90.5 cm³/mol. The normalized spacial score (nSPS) is 18.7. The maximum Gasteiger partial charge on any atom is 0.241 e. The van der Waals surface area contributed by atoms with Gasteiger partial charge in [-0.05, 0) is 31.9 Å². The molecule has 1 saturated carbocycles. The number of hydrogen-bond donors (Lipinski definition) is 2. The van der Waals surface area contributed by atoms with Crippen LogP contribution in [-0.4, -0.2) is 26.4 Å². The number of hydrogen-bond acceptors (Lipinski definition) is 3. The molecule has 23 heavy (non-hydrogen) atoms. The van der Waals surface area contributed by atoms with E-state index in [4.69, 9.17) is 0 Å². The van der Waals surface area contributed by atoms with E-state index in [0.29, 0.717) is 0 Å². The first-order chi connectivity index (χ1) is 11.0. The highest BCUT2D eigenvalue weighted by Gasteiger charge is 2.23. The van der Waals surface area contributed by atoms with Crippen molar-refractivity contribution in [1.82, 2.24) is 10.0 Å². The summed E-state index contributed by atoms with van der Waals surface area (Å²) in [5.41, 5.74) is 0. The first-order valence-corrected chi connectivity index (χ1v) is 9.85. The number of benzene rings is 1. The molecule has 5 nitrogen and oxygen atoms in total. The van der Waals surface area contributed by atoms with E-state index in [1.807, 2.05) is 0 Å². The van der Waals surface area contributed by atoms with Crippen molar-refractivity contribution >= 4 is 15.9 Å². The Morgan fingerprint density at radius 3 is 2.22 bits per heavy atom. The van der Waals surface area contributed by atoms with Crippen LogP contribution in [0, 0.1) is 0 Å². The molecule has 0 aliphatic heterocycles. The quantitative estimate of drug-likeness (QED) is 0.866. The van der Waals surface area contributed by atoms with Gasteiger partial charge in [0.05, 0.1) is 10.9 Å². The fraction of sp³-hybridized carbons (Fsp3) is 0.588. The first kappa shape index (κ1) is 17.9.